The standard InChI is InChI=1S/C26H29F2N7O/c1-15(2)35-16(3)31-25-20(27)9-18(10-22(25)35)24-21(28)12-30-26(33-24)32-23-7-6-17(11-29-23)13-34-8-4-5-19(34)14-36/h6-7,9-12,15,19,36H,4-5,8,13-14H2,1-3H3,(H,29,30,32,33). The highest BCUT2D eigenvalue weighted by Gasteiger charge is 2.23. The first-order valence-electron chi connectivity index (χ1n) is 12.1. The van der Waals surface area contributed by atoms with Gasteiger partial charge in [-0.05, 0) is 63.9 Å². The Kier molecular flexibility index (Phi) is 6.63. The number of imidazole rings is 1. The Hall–Kier alpha value is -3.50. The van der Waals surface area contributed by atoms with Crippen molar-refractivity contribution in [3.05, 3.63) is 59.7 Å². The molecule has 2 N–H and O–H groups in total. The largest absolute Gasteiger partial charge is 0.395 e. The number of hydrogen-bond donors (Lipinski definition) is 2. The zero-order valence-electron chi connectivity index (χ0n) is 20.5. The molecule has 0 amide bonds. The third kappa shape index (κ3) is 4.66. The Morgan fingerprint density at radius 3 is 2.67 bits per heavy atom. The number of nitrogens with one attached hydrogen (secondary N) is 1. The maximum Gasteiger partial charge on any atom is 0.229 e. The summed E-state index contributed by atoms with van der Waals surface area (Å²) in [4.78, 5) is 19.4. The highest BCUT2D eigenvalue weighted by Crippen LogP contribution is 2.30. The molecule has 1 aliphatic rings. The smallest absolute Gasteiger partial charge is 0.229 e. The molecule has 36 heavy (non-hydrogen) atoms. The van der Waals surface area contributed by atoms with Crippen LogP contribution < -0.4 is 5.32 Å². The average molecular weight is 494 g/mol. The maximum absolute atomic E-state index is 14.9. The van der Waals surface area contributed by atoms with Crippen molar-refractivity contribution in [3.63, 3.8) is 0 Å². The topological polar surface area (TPSA) is 92.0 Å². The van der Waals surface area contributed by atoms with E-state index in [4.69, 9.17) is 0 Å². The fraction of sp³-hybridized carbons (Fsp3) is 0.385. The molecule has 0 aliphatic carbocycles. The molecule has 1 aromatic carbocycles. The zero-order valence-corrected chi connectivity index (χ0v) is 20.5. The van der Waals surface area contributed by atoms with Crippen LogP contribution in [0.15, 0.2) is 36.7 Å². The Labute approximate surface area is 208 Å². The first kappa shape index (κ1) is 24.2. The number of halogens is 2. The van der Waals surface area contributed by atoms with Gasteiger partial charge in [-0.1, -0.05) is 6.07 Å². The van der Waals surface area contributed by atoms with Gasteiger partial charge in [0.2, 0.25) is 5.95 Å². The van der Waals surface area contributed by atoms with Crippen molar-refractivity contribution in [2.24, 2.45) is 0 Å². The van der Waals surface area contributed by atoms with Gasteiger partial charge in [0.25, 0.3) is 0 Å². The van der Waals surface area contributed by atoms with Gasteiger partial charge in [0, 0.05) is 30.4 Å². The van der Waals surface area contributed by atoms with Gasteiger partial charge < -0.3 is 15.0 Å². The molecular formula is C26H29F2N7O. The van der Waals surface area contributed by atoms with Crippen molar-refractivity contribution in [2.75, 3.05) is 18.5 Å². The molecule has 8 nitrogen and oxygen atoms in total. The minimum atomic E-state index is -0.654. The van der Waals surface area contributed by atoms with E-state index in [9.17, 15) is 13.9 Å². The van der Waals surface area contributed by atoms with Gasteiger partial charge in [0.05, 0.1) is 18.3 Å². The number of aliphatic hydroxyl groups excluding tert-OH is 1. The second-order valence-electron chi connectivity index (χ2n) is 9.46. The van der Waals surface area contributed by atoms with E-state index in [2.05, 4.69) is 30.2 Å². The molecule has 0 spiro atoms. The molecule has 1 atom stereocenters. The number of aryl methyl sites for hydroxylation is 1. The molecule has 4 aromatic rings. The number of aliphatic hydroxyl groups is 1. The lowest BCUT2D eigenvalue weighted by molar-refractivity contribution is 0.153. The van der Waals surface area contributed by atoms with Crippen LogP contribution in [0.4, 0.5) is 20.5 Å². The van der Waals surface area contributed by atoms with Crippen molar-refractivity contribution < 1.29 is 13.9 Å². The number of hydrogen-bond acceptors (Lipinski definition) is 7. The van der Waals surface area contributed by atoms with Crippen molar-refractivity contribution in [2.45, 2.75) is 52.2 Å². The number of anilines is 2. The van der Waals surface area contributed by atoms with Gasteiger partial charge in [-0.25, -0.2) is 28.7 Å². The summed E-state index contributed by atoms with van der Waals surface area (Å²) in [7, 11) is 0. The van der Waals surface area contributed by atoms with Gasteiger partial charge in [-0.2, -0.15) is 0 Å². The molecule has 188 valence electrons. The SMILES string of the molecule is Cc1nc2c(F)cc(-c3nc(Nc4ccc(CN5CCCC5CO)cn4)ncc3F)cc2n1C(C)C. The summed E-state index contributed by atoms with van der Waals surface area (Å²) < 4.78 is 31.6. The molecule has 1 saturated heterocycles. The molecule has 5 rings (SSSR count). The van der Waals surface area contributed by atoms with E-state index in [-0.39, 0.29) is 35.8 Å². The number of likely N-dealkylation sites (tertiary alicyclic amines) is 1. The van der Waals surface area contributed by atoms with Crippen molar-refractivity contribution in [1.82, 2.24) is 29.4 Å². The fourth-order valence-electron chi connectivity index (χ4n) is 4.94. The third-order valence-electron chi connectivity index (χ3n) is 6.62. The number of benzene rings is 1. The molecule has 3 aromatic heterocycles. The second-order valence-corrected chi connectivity index (χ2v) is 9.46. The van der Waals surface area contributed by atoms with E-state index in [0.717, 1.165) is 37.7 Å². The van der Waals surface area contributed by atoms with Gasteiger partial charge in [-0.3, -0.25) is 4.90 Å². The minimum absolute atomic E-state index is 0.0110. The van der Waals surface area contributed by atoms with E-state index >= 15 is 0 Å². The zero-order chi connectivity index (χ0) is 25.4. The summed E-state index contributed by atoms with van der Waals surface area (Å²) in [5.41, 5.74) is 2.16. The molecule has 0 radical (unpaired) electrons. The Bertz CT molecular complexity index is 1390. The molecule has 1 fully saturated rings. The van der Waals surface area contributed by atoms with Crippen LogP contribution in [0.2, 0.25) is 0 Å². The first-order chi connectivity index (χ1) is 17.3. The van der Waals surface area contributed by atoms with Crippen molar-refractivity contribution in [3.8, 4) is 11.3 Å². The van der Waals surface area contributed by atoms with E-state index in [1.807, 2.05) is 31.4 Å². The Morgan fingerprint density at radius 2 is 1.94 bits per heavy atom. The maximum atomic E-state index is 14.9. The first-order valence-corrected chi connectivity index (χ1v) is 12.1. The predicted molar refractivity (Wildman–Crippen MR) is 134 cm³/mol. The minimum Gasteiger partial charge on any atom is -0.395 e. The van der Waals surface area contributed by atoms with Crippen LogP contribution in [0.5, 0.6) is 0 Å². The van der Waals surface area contributed by atoms with Gasteiger partial charge in [0.15, 0.2) is 11.6 Å². The number of aromatic nitrogens is 5. The Balaban J connectivity index is 1.39. The monoisotopic (exact) mass is 493 g/mol. The van der Waals surface area contributed by atoms with Crippen LogP contribution in [0.25, 0.3) is 22.3 Å². The quantitative estimate of drug-likeness (QED) is 0.384. The predicted octanol–water partition coefficient (Wildman–Crippen LogP) is 4.76. The number of pyridine rings is 1. The summed E-state index contributed by atoms with van der Waals surface area (Å²) in [6.07, 6.45) is 4.91. The van der Waals surface area contributed by atoms with Crippen LogP contribution in [0.1, 0.15) is 44.1 Å². The molecular weight excluding hydrogens is 464 g/mol. The highest BCUT2D eigenvalue weighted by atomic mass is 19.1. The van der Waals surface area contributed by atoms with Gasteiger partial charge >= 0.3 is 0 Å². The molecule has 1 aliphatic heterocycles. The summed E-state index contributed by atoms with van der Waals surface area (Å²) in [5, 5.41) is 12.5. The van der Waals surface area contributed by atoms with Crippen LogP contribution in [0, 0.1) is 18.6 Å². The normalized spacial score (nSPS) is 16.4. The lowest BCUT2D eigenvalue weighted by atomic mass is 10.1. The number of rotatable bonds is 7. The van der Waals surface area contributed by atoms with E-state index in [0.29, 0.717) is 22.7 Å². The van der Waals surface area contributed by atoms with Gasteiger partial charge in [0.1, 0.15) is 22.9 Å². The number of nitrogens with zero attached hydrogens (tertiary/aromatic N) is 6. The third-order valence-corrected chi connectivity index (χ3v) is 6.62. The van der Waals surface area contributed by atoms with Crippen LogP contribution in [-0.2, 0) is 6.54 Å². The molecule has 0 bridgehead atoms. The van der Waals surface area contributed by atoms with Crippen LogP contribution in [0.3, 0.4) is 0 Å². The summed E-state index contributed by atoms with van der Waals surface area (Å²) in [5.74, 6) is 0.162. The Morgan fingerprint density at radius 1 is 1.11 bits per heavy atom. The summed E-state index contributed by atoms with van der Waals surface area (Å²) in [6.45, 7) is 7.63. The average Bonchev–Trinajstić information content (AvgIpc) is 3.44. The van der Waals surface area contributed by atoms with Crippen LogP contribution >= 0.6 is 0 Å². The van der Waals surface area contributed by atoms with Crippen molar-refractivity contribution >= 4 is 22.8 Å². The molecule has 0 saturated carbocycles. The number of fused-ring (bicyclic) bond motifs is 1. The fourth-order valence-corrected chi connectivity index (χ4v) is 4.94. The molecule has 1 unspecified atom stereocenters. The summed E-state index contributed by atoms with van der Waals surface area (Å²) >= 11 is 0. The second kappa shape index (κ2) is 9.87. The lowest BCUT2D eigenvalue weighted by Gasteiger charge is -2.22. The van der Waals surface area contributed by atoms with E-state index in [1.54, 1.807) is 18.3 Å². The highest BCUT2D eigenvalue weighted by molar-refractivity contribution is 5.83. The molecule has 4 heterocycles. The van der Waals surface area contributed by atoms with Gasteiger partial charge in [-0.15, -0.1) is 0 Å². The lowest BCUT2D eigenvalue weighted by Crippen LogP contribution is -2.31. The van der Waals surface area contributed by atoms with Crippen molar-refractivity contribution in [1.29, 1.82) is 0 Å². The molecule has 10 heteroatoms. The summed E-state index contributed by atoms with van der Waals surface area (Å²) in [6, 6.07) is 6.97. The van der Waals surface area contributed by atoms with E-state index < -0.39 is 11.6 Å². The van der Waals surface area contributed by atoms with E-state index in [1.165, 1.54) is 6.07 Å². The van der Waals surface area contributed by atoms with Crippen LogP contribution in [-0.4, -0.2) is 53.7 Å².